The molecule has 0 spiro atoms. The quantitative estimate of drug-likeness (QED) is 0.228. The van der Waals surface area contributed by atoms with Crippen LogP contribution in [0.25, 0.3) is 10.8 Å². The van der Waals surface area contributed by atoms with Gasteiger partial charge in [-0.15, -0.1) is 0 Å². The Labute approximate surface area is 222 Å². The van der Waals surface area contributed by atoms with E-state index in [1.807, 2.05) is 18.2 Å². The molecule has 0 saturated heterocycles. The second kappa shape index (κ2) is 11.5. The number of aliphatic imine (C=N–C) groups is 2. The van der Waals surface area contributed by atoms with Crippen molar-refractivity contribution in [1.29, 1.82) is 0 Å². The topological polar surface area (TPSA) is 24.7 Å². The molecule has 5 heteroatoms. The first kappa shape index (κ1) is 25.6. The molecule has 35 heavy (non-hydrogen) atoms. The fraction of sp³-hybridized carbons (Fsp3) is 0.200. The Morgan fingerprint density at radius 1 is 0.600 bits per heavy atom. The number of halogens is 2. The molecule has 0 aliphatic heterocycles. The molecule has 182 valence electrons. The summed E-state index contributed by atoms with van der Waals surface area (Å²) in [5.41, 5.74) is 8.86. The van der Waals surface area contributed by atoms with Crippen molar-refractivity contribution in [2.45, 2.75) is 39.5 Å². The van der Waals surface area contributed by atoms with Crippen molar-refractivity contribution < 1.29 is 12.7 Å². The standard InChI is InChI=1S/C30H28N2.2ClH.Ni/c1-19(2)23-15-10-16-24(20(3)4)28(23)32-30-26-18-9-12-21-11-8-17-25(27(21)26)29(30)31-22-13-6-5-7-14-22;;;/h5-20H,1-4H3;2*1H;/q;;;+2/p-2. The Kier molecular flexibility index (Phi) is 8.44. The van der Waals surface area contributed by atoms with Crippen LogP contribution in [0.5, 0.6) is 0 Å². The molecular formula is C30H28Cl2N2Ni. The zero-order valence-corrected chi connectivity index (χ0v) is 22.7. The molecule has 0 amide bonds. The summed E-state index contributed by atoms with van der Waals surface area (Å²) in [6.45, 7) is 8.97. The number of hydrogen-bond acceptors (Lipinski definition) is 2. The summed E-state index contributed by atoms with van der Waals surface area (Å²) in [5, 5.41) is 2.48. The summed E-state index contributed by atoms with van der Waals surface area (Å²) in [5.74, 6) is 0.782. The SMILES string of the molecule is CC(C)c1cccc(C(C)C)c1N=C1C(=Nc2ccccc2)c2cccc3cccc1c23.[Cl][Ni][Cl]. The Balaban J connectivity index is 0.000000917. The Hall–Kier alpha value is -2.45. The zero-order valence-electron chi connectivity index (χ0n) is 20.2. The fourth-order valence-electron chi connectivity index (χ4n) is 4.60. The van der Waals surface area contributed by atoms with Crippen LogP contribution in [-0.2, 0) is 12.7 Å². The maximum atomic E-state index is 5.40. The Morgan fingerprint density at radius 2 is 1.09 bits per heavy atom. The summed E-state index contributed by atoms with van der Waals surface area (Å²) in [4.78, 5) is 10.5. The molecule has 4 aromatic carbocycles. The monoisotopic (exact) mass is 544 g/mol. The predicted octanol–water partition coefficient (Wildman–Crippen LogP) is 9.72. The van der Waals surface area contributed by atoms with Gasteiger partial charge in [0.05, 0.1) is 22.8 Å². The van der Waals surface area contributed by atoms with Crippen LogP contribution in [0.3, 0.4) is 0 Å². The summed E-state index contributed by atoms with van der Waals surface area (Å²) in [7, 11) is 9.40. The van der Waals surface area contributed by atoms with Crippen LogP contribution in [0.2, 0.25) is 0 Å². The van der Waals surface area contributed by atoms with E-state index in [0.717, 1.165) is 28.4 Å². The molecule has 0 radical (unpaired) electrons. The molecule has 0 bridgehead atoms. The van der Waals surface area contributed by atoms with Gasteiger partial charge in [-0.05, 0) is 40.5 Å². The van der Waals surface area contributed by atoms with E-state index in [2.05, 4.69) is 94.4 Å². The van der Waals surface area contributed by atoms with Crippen LogP contribution in [0.4, 0.5) is 11.4 Å². The van der Waals surface area contributed by atoms with Crippen LogP contribution in [0, 0.1) is 0 Å². The van der Waals surface area contributed by atoms with Crippen molar-refractivity contribution in [2.75, 3.05) is 0 Å². The van der Waals surface area contributed by atoms with Crippen molar-refractivity contribution >= 4 is 54.0 Å². The van der Waals surface area contributed by atoms with Gasteiger partial charge in [0.1, 0.15) is 0 Å². The van der Waals surface area contributed by atoms with Gasteiger partial charge in [0.25, 0.3) is 0 Å². The molecule has 0 N–H and O–H groups in total. The molecule has 0 aromatic heterocycles. The summed E-state index contributed by atoms with van der Waals surface area (Å²) in [6, 6.07) is 29.7. The molecule has 1 aliphatic rings. The van der Waals surface area contributed by atoms with Gasteiger partial charge in [-0.1, -0.05) is 100 Å². The number of hydrogen-bond donors (Lipinski definition) is 0. The zero-order chi connectivity index (χ0) is 24.9. The maximum absolute atomic E-state index is 5.40. The summed E-state index contributed by atoms with van der Waals surface area (Å²) < 4.78 is 0. The first-order chi connectivity index (χ1) is 17.0. The molecule has 0 unspecified atom stereocenters. The molecule has 0 fully saturated rings. The van der Waals surface area contributed by atoms with E-state index in [1.165, 1.54) is 27.5 Å². The molecule has 0 heterocycles. The van der Waals surface area contributed by atoms with E-state index < -0.39 is 0 Å². The number of benzene rings is 4. The van der Waals surface area contributed by atoms with Gasteiger partial charge >= 0.3 is 33.0 Å². The summed E-state index contributed by atoms with van der Waals surface area (Å²) in [6.07, 6.45) is 0. The van der Waals surface area contributed by atoms with E-state index in [9.17, 15) is 0 Å². The fourth-order valence-corrected chi connectivity index (χ4v) is 4.60. The number of nitrogens with zero attached hydrogens (tertiary/aromatic N) is 2. The van der Waals surface area contributed by atoms with Gasteiger partial charge < -0.3 is 0 Å². The van der Waals surface area contributed by atoms with E-state index in [-0.39, 0.29) is 0 Å². The second-order valence-corrected chi connectivity index (χ2v) is 10.7. The van der Waals surface area contributed by atoms with E-state index in [4.69, 9.17) is 30.4 Å². The third-order valence-corrected chi connectivity index (χ3v) is 6.20. The number of para-hydroxylation sites is 2. The third kappa shape index (κ3) is 5.38. The predicted molar refractivity (Wildman–Crippen MR) is 149 cm³/mol. The van der Waals surface area contributed by atoms with Crippen molar-refractivity contribution in [3.05, 3.63) is 107 Å². The molecule has 0 atom stereocenters. The molecule has 5 rings (SSSR count). The van der Waals surface area contributed by atoms with E-state index in [1.54, 1.807) is 0 Å². The van der Waals surface area contributed by atoms with Gasteiger partial charge in [-0.25, -0.2) is 9.98 Å². The molecule has 1 aliphatic carbocycles. The summed E-state index contributed by atoms with van der Waals surface area (Å²) >= 11 is 0.569. The third-order valence-electron chi connectivity index (χ3n) is 6.20. The normalized spacial score (nSPS) is 14.9. The molecular weight excluding hydrogens is 518 g/mol. The van der Waals surface area contributed by atoms with Gasteiger partial charge in [-0.2, -0.15) is 0 Å². The van der Waals surface area contributed by atoms with Crippen molar-refractivity contribution in [1.82, 2.24) is 0 Å². The first-order valence-corrected chi connectivity index (χ1v) is 14.4. The van der Waals surface area contributed by atoms with Gasteiger partial charge in [-0.3, -0.25) is 0 Å². The van der Waals surface area contributed by atoms with E-state index >= 15 is 0 Å². The van der Waals surface area contributed by atoms with Gasteiger partial charge in [0, 0.05) is 16.5 Å². The van der Waals surface area contributed by atoms with Crippen molar-refractivity contribution in [3.63, 3.8) is 0 Å². The minimum absolute atomic E-state index is 0.391. The van der Waals surface area contributed by atoms with Crippen LogP contribution >= 0.6 is 20.4 Å². The molecule has 0 saturated carbocycles. The van der Waals surface area contributed by atoms with Gasteiger partial charge in [0.15, 0.2) is 0 Å². The first-order valence-electron chi connectivity index (χ1n) is 11.7. The average molecular weight is 546 g/mol. The van der Waals surface area contributed by atoms with Gasteiger partial charge in [0.2, 0.25) is 0 Å². The number of rotatable bonds is 4. The van der Waals surface area contributed by atoms with E-state index in [0.29, 0.717) is 24.5 Å². The minimum atomic E-state index is 0.391. The van der Waals surface area contributed by atoms with Crippen LogP contribution < -0.4 is 0 Å². The van der Waals surface area contributed by atoms with Crippen molar-refractivity contribution in [3.8, 4) is 0 Å². The molecule has 4 aromatic rings. The van der Waals surface area contributed by atoms with Crippen LogP contribution in [0.1, 0.15) is 61.8 Å². The second-order valence-electron chi connectivity index (χ2n) is 9.11. The average Bonchev–Trinajstić information content (AvgIpc) is 3.14. The van der Waals surface area contributed by atoms with Crippen LogP contribution in [0.15, 0.2) is 94.9 Å². The van der Waals surface area contributed by atoms with Crippen LogP contribution in [-0.4, -0.2) is 11.4 Å². The van der Waals surface area contributed by atoms with Crippen molar-refractivity contribution in [2.24, 2.45) is 9.98 Å². The Morgan fingerprint density at radius 3 is 1.60 bits per heavy atom. The Bertz CT molecular complexity index is 1360. The molecule has 2 nitrogen and oxygen atoms in total.